The fourth-order valence-corrected chi connectivity index (χ4v) is 3.53. The summed E-state index contributed by atoms with van der Waals surface area (Å²) in [5.41, 5.74) is 1.61. The van der Waals surface area contributed by atoms with Crippen LogP contribution >= 0.6 is 39.3 Å². The molecule has 0 spiro atoms. The molecule has 0 N–H and O–H groups in total. The molecule has 4 rings (SSSR count). The largest absolute Gasteiger partial charge is 0.411 e. The highest BCUT2D eigenvalue weighted by atomic mass is 79.9. The van der Waals surface area contributed by atoms with Crippen molar-refractivity contribution in [1.29, 1.82) is 0 Å². The van der Waals surface area contributed by atoms with Crippen LogP contribution in [-0.2, 0) is 0 Å². The number of halogens is 2. The number of hydrogen-bond acceptors (Lipinski definition) is 6. The monoisotopic (exact) mass is 418 g/mol. The SMILES string of the molecule is Clc1ccc2c(Sc3nnc(-c4ccccc4Br)o3)ncnc2c1. The molecule has 0 saturated heterocycles. The van der Waals surface area contributed by atoms with Crippen molar-refractivity contribution in [3.63, 3.8) is 0 Å². The van der Waals surface area contributed by atoms with Crippen LogP contribution in [0.4, 0.5) is 0 Å². The molecule has 0 saturated carbocycles. The molecule has 2 aromatic heterocycles. The molecular weight excluding hydrogens is 412 g/mol. The Balaban J connectivity index is 1.69. The topological polar surface area (TPSA) is 64.7 Å². The van der Waals surface area contributed by atoms with Gasteiger partial charge in [-0.05, 0) is 58.0 Å². The Bertz CT molecular complexity index is 1040. The zero-order chi connectivity index (χ0) is 16.5. The number of nitrogens with zero attached hydrogens (tertiary/aromatic N) is 4. The lowest BCUT2D eigenvalue weighted by atomic mass is 10.2. The highest BCUT2D eigenvalue weighted by Gasteiger charge is 2.14. The van der Waals surface area contributed by atoms with Crippen LogP contribution < -0.4 is 0 Å². The maximum Gasteiger partial charge on any atom is 0.283 e. The van der Waals surface area contributed by atoms with Crippen LogP contribution in [-0.4, -0.2) is 20.2 Å². The highest BCUT2D eigenvalue weighted by molar-refractivity contribution is 9.10. The van der Waals surface area contributed by atoms with Crippen LogP contribution in [0.5, 0.6) is 0 Å². The fourth-order valence-electron chi connectivity index (χ4n) is 2.16. The maximum atomic E-state index is 6.00. The Morgan fingerprint density at radius 1 is 1.04 bits per heavy atom. The molecular formula is C16H8BrClN4OS. The van der Waals surface area contributed by atoms with Gasteiger partial charge in [-0.3, -0.25) is 0 Å². The first-order valence-electron chi connectivity index (χ1n) is 6.87. The van der Waals surface area contributed by atoms with Crippen molar-refractivity contribution in [1.82, 2.24) is 20.2 Å². The first kappa shape index (κ1) is 15.6. The Kier molecular flexibility index (Phi) is 4.22. The number of benzene rings is 2. The third kappa shape index (κ3) is 3.02. The van der Waals surface area contributed by atoms with E-state index in [2.05, 4.69) is 36.1 Å². The van der Waals surface area contributed by atoms with Crippen LogP contribution in [0.2, 0.25) is 5.02 Å². The summed E-state index contributed by atoms with van der Waals surface area (Å²) < 4.78 is 6.65. The fraction of sp³-hybridized carbons (Fsp3) is 0. The van der Waals surface area contributed by atoms with Crippen LogP contribution in [0, 0.1) is 0 Å². The summed E-state index contributed by atoms with van der Waals surface area (Å²) in [6.45, 7) is 0. The molecule has 24 heavy (non-hydrogen) atoms. The van der Waals surface area contributed by atoms with E-state index in [9.17, 15) is 0 Å². The summed E-state index contributed by atoms with van der Waals surface area (Å²) in [6, 6.07) is 13.2. The lowest BCUT2D eigenvalue weighted by Gasteiger charge is -2.02. The van der Waals surface area contributed by atoms with Crippen molar-refractivity contribution in [3.8, 4) is 11.5 Å². The van der Waals surface area contributed by atoms with Gasteiger partial charge in [0.05, 0.1) is 11.1 Å². The first-order valence-corrected chi connectivity index (χ1v) is 8.86. The molecule has 0 fully saturated rings. The van der Waals surface area contributed by atoms with Gasteiger partial charge in [0, 0.05) is 14.9 Å². The standard InChI is InChI=1S/C16H8BrClN4OS/c17-12-4-2-1-3-10(12)14-21-22-16(23-14)24-15-11-6-5-9(18)7-13(11)19-8-20-15/h1-8H. The molecule has 4 aromatic rings. The third-order valence-electron chi connectivity index (χ3n) is 3.26. The minimum absolute atomic E-state index is 0.413. The molecule has 0 amide bonds. The van der Waals surface area contributed by atoms with E-state index >= 15 is 0 Å². The molecule has 0 unspecified atom stereocenters. The predicted molar refractivity (Wildman–Crippen MR) is 96.1 cm³/mol. The van der Waals surface area contributed by atoms with Crippen LogP contribution in [0.25, 0.3) is 22.4 Å². The quantitative estimate of drug-likeness (QED) is 0.423. The van der Waals surface area contributed by atoms with Gasteiger partial charge in [-0.15, -0.1) is 10.2 Å². The summed E-state index contributed by atoms with van der Waals surface area (Å²) in [6.07, 6.45) is 1.49. The lowest BCUT2D eigenvalue weighted by Crippen LogP contribution is -1.86. The van der Waals surface area contributed by atoms with E-state index in [1.165, 1.54) is 18.1 Å². The van der Waals surface area contributed by atoms with Gasteiger partial charge in [-0.2, -0.15) is 0 Å². The van der Waals surface area contributed by atoms with Crippen molar-refractivity contribution in [2.24, 2.45) is 0 Å². The summed E-state index contributed by atoms with van der Waals surface area (Å²) in [7, 11) is 0. The zero-order valence-corrected chi connectivity index (χ0v) is 15.1. The number of rotatable bonds is 3. The molecule has 0 atom stereocenters. The van der Waals surface area contributed by atoms with Gasteiger partial charge in [0.15, 0.2) is 0 Å². The van der Waals surface area contributed by atoms with Gasteiger partial charge in [-0.25, -0.2) is 9.97 Å². The minimum Gasteiger partial charge on any atom is -0.411 e. The van der Waals surface area contributed by atoms with Crippen LogP contribution in [0.15, 0.2) is 67.9 Å². The van der Waals surface area contributed by atoms with E-state index in [0.29, 0.717) is 16.1 Å². The minimum atomic E-state index is 0.413. The van der Waals surface area contributed by atoms with E-state index in [0.717, 1.165) is 26.0 Å². The molecule has 118 valence electrons. The van der Waals surface area contributed by atoms with E-state index in [4.69, 9.17) is 16.0 Å². The van der Waals surface area contributed by atoms with Gasteiger partial charge in [0.2, 0.25) is 5.89 Å². The van der Waals surface area contributed by atoms with E-state index in [1.54, 1.807) is 12.1 Å². The molecule has 0 radical (unpaired) electrons. The molecule has 0 aliphatic heterocycles. The van der Waals surface area contributed by atoms with Crippen molar-refractivity contribution >= 4 is 50.2 Å². The van der Waals surface area contributed by atoms with Crippen molar-refractivity contribution < 1.29 is 4.42 Å². The molecule has 0 aliphatic carbocycles. The van der Waals surface area contributed by atoms with E-state index < -0.39 is 0 Å². The first-order chi connectivity index (χ1) is 11.7. The molecule has 5 nitrogen and oxygen atoms in total. The third-order valence-corrected chi connectivity index (χ3v) is 5.04. The number of fused-ring (bicyclic) bond motifs is 1. The Labute approximate surface area is 154 Å². The highest BCUT2D eigenvalue weighted by Crippen LogP contribution is 2.34. The maximum absolute atomic E-state index is 6.00. The van der Waals surface area contributed by atoms with Crippen molar-refractivity contribution in [2.75, 3.05) is 0 Å². The Hall–Kier alpha value is -1.96. The van der Waals surface area contributed by atoms with Crippen molar-refractivity contribution in [3.05, 3.63) is 58.3 Å². The summed E-state index contributed by atoms with van der Waals surface area (Å²) >= 11 is 10.8. The van der Waals surface area contributed by atoms with Crippen LogP contribution in [0.3, 0.4) is 0 Å². The average molecular weight is 420 g/mol. The Morgan fingerprint density at radius 2 is 1.92 bits per heavy atom. The normalized spacial score (nSPS) is 11.1. The zero-order valence-electron chi connectivity index (χ0n) is 12.0. The molecule has 8 heteroatoms. The van der Waals surface area contributed by atoms with E-state index in [-0.39, 0.29) is 0 Å². The second-order valence-electron chi connectivity index (χ2n) is 4.80. The van der Waals surface area contributed by atoms with E-state index in [1.807, 2.05) is 30.3 Å². The second-order valence-corrected chi connectivity index (χ2v) is 7.03. The van der Waals surface area contributed by atoms with Gasteiger partial charge in [-0.1, -0.05) is 23.7 Å². The summed E-state index contributed by atoms with van der Waals surface area (Å²) in [4.78, 5) is 8.53. The smallest absolute Gasteiger partial charge is 0.283 e. The van der Waals surface area contributed by atoms with Gasteiger partial charge < -0.3 is 4.42 Å². The molecule has 2 heterocycles. The summed E-state index contributed by atoms with van der Waals surface area (Å²) in [5.74, 6) is 0.450. The summed E-state index contributed by atoms with van der Waals surface area (Å²) in [5, 5.41) is 10.9. The van der Waals surface area contributed by atoms with Gasteiger partial charge >= 0.3 is 0 Å². The van der Waals surface area contributed by atoms with Gasteiger partial charge in [0.25, 0.3) is 5.22 Å². The number of hydrogen-bond donors (Lipinski definition) is 0. The lowest BCUT2D eigenvalue weighted by molar-refractivity contribution is 0.465. The molecule has 2 aromatic carbocycles. The molecule has 0 bridgehead atoms. The average Bonchev–Trinajstić information content (AvgIpc) is 3.03. The Morgan fingerprint density at radius 3 is 2.79 bits per heavy atom. The number of aromatic nitrogens is 4. The second kappa shape index (κ2) is 6.51. The van der Waals surface area contributed by atoms with Crippen molar-refractivity contribution in [2.45, 2.75) is 10.2 Å². The molecule has 0 aliphatic rings. The predicted octanol–water partition coefficient (Wildman–Crippen LogP) is 5.25. The van der Waals surface area contributed by atoms with Crippen LogP contribution in [0.1, 0.15) is 0 Å². The van der Waals surface area contributed by atoms with Gasteiger partial charge in [0.1, 0.15) is 11.4 Å².